The predicted molar refractivity (Wildman–Crippen MR) is 137 cm³/mol. The largest absolute Gasteiger partial charge is 0.463 e. The van der Waals surface area contributed by atoms with Crippen LogP contribution in [0.1, 0.15) is 50.9 Å². The number of fused-ring (bicyclic) bond motifs is 3. The SMILES string of the molecule is C=C1[C@@H]2[C@H](O)C(=O)[C@@]3(C)[C@H](C(=O)[C@](OC(=O)c4ccccc4)(C[C@@H]1O)C2(C)C)[C@](O)(COC(C)=O)[C@@H](O)C[C@@H]3O. The van der Waals surface area contributed by atoms with Crippen LogP contribution in [0.5, 0.6) is 0 Å². The van der Waals surface area contributed by atoms with Crippen molar-refractivity contribution in [2.45, 2.75) is 76.2 Å². The molecule has 0 amide bonds. The Morgan fingerprint density at radius 1 is 1.00 bits per heavy atom. The van der Waals surface area contributed by atoms with Crippen LogP contribution in [0.3, 0.4) is 0 Å². The van der Waals surface area contributed by atoms with Gasteiger partial charge in [0.2, 0.25) is 0 Å². The third-order valence-electron chi connectivity index (χ3n) is 9.50. The third kappa shape index (κ3) is 4.06. The number of aliphatic hydroxyl groups is 5. The van der Waals surface area contributed by atoms with Crippen molar-refractivity contribution in [3.05, 3.63) is 48.0 Å². The van der Waals surface area contributed by atoms with Crippen molar-refractivity contribution in [1.29, 1.82) is 0 Å². The van der Waals surface area contributed by atoms with Gasteiger partial charge in [-0.3, -0.25) is 14.4 Å². The zero-order valence-corrected chi connectivity index (χ0v) is 22.9. The molecule has 0 unspecified atom stereocenters. The highest BCUT2D eigenvalue weighted by Gasteiger charge is 2.75. The molecule has 11 heteroatoms. The zero-order chi connectivity index (χ0) is 30.0. The number of hydrogen-bond acceptors (Lipinski definition) is 11. The molecular weight excluding hydrogens is 524 g/mol. The lowest BCUT2D eigenvalue weighted by molar-refractivity contribution is -0.249. The molecule has 40 heavy (non-hydrogen) atoms. The summed E-state index contributed by atoms with van der Waals surface area (Å²) in [6, 6.07) is 7.71. The number of ketones is 2. The maximum Gasteiger partial charge on any atom is 0.339 e. The first-order valence-electron chi connectivity index (χ1n) is 13.1. The summed E-state index contributed by atoms with van der Waals surface area (Å²) in [5, 5.41) is 56.7. The Kier molecular flexibility index (Phi) is 7.39. The minimum Gasteiger partial charge on any atom is -0.463 e. The third-order valence-corrected chi connectivity index (χ3v) is 9.50. The van der Waals surface area contributed by atoms with Crippen molar-refractivity contribution >= 4 is 23.5 Å². The van der Waals surface area contributed by atoms with Crippen molar-refractivity contribution in [3.63, 3.8) is 0 Å². The molecule has 1 aromatic rings. The lowest BCUT2D eigenvalue weighted by atomic mass is 9.44. The summed E-state index contributed by atoms with van der Waals surface area (Å²) in [5.41, 5.74) is -8.67. The number of hydrogen-bond donors (Lipinski definition) is 5. The van der Waals surface area contributed by atoms with E-state index in [-0.39, 0.29) is 11.1 Å². The van der Waals surface area contributed by atoms with E-state index in [4.69, 9.17) is 9.47 Å². The van der Waals surface area contributed by atoms with E-state index in [9.17, 15) is 44.7 Å². The van der Waals surface area contributed by atoms with Crippen LogP contribution >= 0.6 is 0 Å². The second-order valence-electron chi connectivity index (χ2n) is 12.0. The zero-order valence-electron chi connectivity index (χ0n) is 22.9. The van der Waals surface area contributed by atoms with Crippen molar-refractivity contribution in [2.75, 3.05) is 6.61 Å². The van der Waals surface area contributed by atoms with E-state index in [2.05, 4.69) is 6.58 Å². The Morgan fingerprint density at radius 2 is 1.60 bits per heavy atom. The fourth-order valence-electron chi connectivity index (χ4n) is 7.09. The summed E-state index contributed by atoms with van der Waals surface area (Å²) in [4.78, 5) is 54.2. The van der Waals surface area contributed by atoms with Crippen LogP contribution in [0, 0.1) is 22.7 Å². The van der Waals surface area contributed by atoms with E-state index in [0.717, 1.165) is 6.92 Å². The summed E-state index contributed by atoms with van der Waals surface area (Å²) in [6.45, 7) is 8.11. The van der Waals surface area contributed by atoms with Crippen molar-refractivity contribution in [1.82, 2.24) is 0 Å². The van der Waals surface area contributed by atoms with Gasteiger partial charge in [0.05, 0.1) is 35.2 Å². The van der Waals surface area contributed by atoms with Crippen LogP contribution in [0.25, 0.3) is 0 Å². The minimum absolute atomic E-state index is 0.0348. The molecule has 0 aromatic heterocycles. The molecule has 0 spiro atoms. The van der Waals surface area contributed by atoms with Gasteiger partial charge in [0.15, 0.2) is 17.2 Å². The number of benzene rings is 1. The van der Waals surface area contributed by atoms with Gasteiger partial charge in [-0.05, 0) is 24.6 Å². The summed E-state index contributed by atoms with van der Waals surface area (Å²) in [5.74, 6) is -7.27. The molecule has 0 heterocycles. The van der Waals surface area contributed by atoms with Gasteiger partial charge < -0.3 is 35.0 Å². The first-order chi connectivity index (χ1) is 18.5. The van der Waals surface area contributed by atoms with Gasteiger partial charge in [-0.15, -0.1) is 0 Å². The minimum atomic E-state index is -2.64. The Labute approximate surface area is 231 Å². The monoisotopic (exact) mass is 560 g/mol. The first-order valence-corrected chi connectivity index (χ1v) is 13.1. The van der Waals surface area contributed by atoms with Crippen molar-refractivity contribution < 1.29 is 54.2 Å². The molecule has 0 aliphatic heterocycles. The summed E-state index contributed by atoms with van der Waals surface area (Å²) < 4.78 is 11.0. The van der Waals surface area contributed by atoms with Gasteiger partial charge in [0.25, 0.3) is 0 Å². The molecule has 0 radical (unpaired) electrons. The molecule has 218 valence electrons. The maximum absolute atomic E-state index is 14.9. The number of rotatable bonds is 4. The molecule has 3 aliphatic carbocycles. The van der Waals surface area contributed by atoms with Gasteiger partial charge in [-0.1, -0.05) is 38.6 Å². The standard InChI is InChI=1S/C29H36O11/c1-14-17(31)12-29(40-25(37)16-9-7-6-8-10-16)24(36)22-27(5,23(35)21(34)20(14)26(29,3)4)18(32)11-19(33)28(22,38)13-39-15(2)30/h6-10,17-22,31-34,38H,1,11-13H2,2-5H3/t17-,18-,19-,20+,21-,22-,27+,28-,29+/m0/s1. The molecule has 3 saturated carbocycles. The second-order valence-corrected chi connectivity index (χ2v) is 12.0. The molecule has 11 nitrogen and oxygen atoms in total. The van der Waals surface area contributed by atoms with Crippen LogP contribution in [0.2, 0.25) is 0 Å². The van der Waals surface area contributed by atoms with Crippen LogP contribution in [-0.4, -0.2) is 91.3 Å². The normalized spacial score (nSPS) is 40.9. The van der Waals surface area contributed by atoms with Crippen LogP contribution in [-0.2, 0) is 23.9 Å². The summed E-state index contributed by atoms with van der Waals surface area (Å²) in [7, 11) is 0. The quantitative estimate of drug-likeness (QED) is 0.248. The Bertz CT molecular complexity index is 1240. The number of aliphatic hydroxyl groups excluding tert-OH is 4. The molecule has 9 atom stereocenters. The van der Waals surface area contributed by atoms with E-state index < -0.39 is 101 Å². The highest BCUT2D eigenvalue weighted by atomic mass is 16.6. The molecule has 2 bridgehead atoms. The maximum atomic E-state index is 14.9. The van der Waals surface area contributed by atoms with Crippen LogP contribution in [0.15, 0.2) is 42.5 Å². The lowest BCUT2D eigenvalue weighted by Crippen LogP contribution is -2.78. The van der Waals surface area contributed by atoms with Gasteiger partial charge >= 0.3 is 11.9 Å². The molecule has 3 aliphatic rings. The number of carbonyl (C=O) groups is 4. The second kappa shape index (κ2) is 9.85. The lowest BCUT2D eigenvalue weighted by Gasteiger charge is -2.62. The molecule has 4 rings (SSSR count). The molecule has 0 saturated heterocycles. The number of carbonyl (C=O) groups excluding carboxylic acids is 4. The highest BCUT2D eigenvalue weighted by Crippen LogP contribution is 2.61. The van der Waals surface area contributed by atoms with Gasteiger partial charge in [0.1, 0.15) is 18.3 Å². The van der Waals surface area contributed by atoms with E-state index >= 15 is 0 Å². The topological polar surface area (TPSA) is 188 Å². The van der Waals surface area contributed by atoms with Crippen LogP contribution in [0.4, 0.5) is 0 Å². The predicted octanol–water partition coefficient (Wildman–Crippen LogP) is 0.100. The Balaban J connectivity index is 2.03. The Hall–Kier alpha value is -2.96. The van der Waals surface area contributed by atoms with Gasteiger partial charge in [-0.25, -0.2) is 4.79 Å². The van der Waals surface area contributed by atoms with Crippen molar-refractivity contribution in [3.8, 4) is 0 Å². The first kappa shape index (κ1) is 30.0. The fourth-order valence-corrected chi connectivity index (χ4v) is 7.09. The fraction of sp³-hybridized carbons (Fsp3) is 0.586. The van der Waals surface area contributed by atoms with E-state index in [1.807, 2.05) is 0 Å². The van der Waals surface area contributed by atoms with Gasteiger partial charge in [-0.2, -0.15) is 0 Å². The summed E-state index contributed by atoms with van der Waals surface area (Å²) in [6.07, 6.45) is -8.22. The molecular formula is C29H36O11. The van der Waals surface area contributed by atoms with Crippen molar-refractivity contribution in [2.24, 2.45) is 22.7 Å². The number of ether oxygens (including phenoxy) is 2. The number of esters is 2. The average molecular weight is 561 g/mol. The van der Waals surface area contributed by atoms with E-state index in [1.165, 1.54) is 32.9 Å². The molecule has 3 fully saturated rings. The van der Waals surface area contributed by atoms with E-state index in [0.29, 0.717) is 0 Å². The number of Topliss-reactive ketones (excluding diaryl/α,β-unsaturated/α-hetero) is 2. The van der Waals surface area contributed by atoms with Gasteiger partial charge in [0, 0.05) is 31.1 Å². The molecule has 1 aromatic carbocycles. The molecule has 5 N–H and O–H groups in total. The average Bonchev–Trinajstić information content (AvgIpc) is 2.89. The Morgan fingerprint density at radius 3 is 2.17 bits per heavy atom. The summed E-state index contributed by atoms with van der Waals surface area (Å²) >= 11 is 0. The smallest absolute Gasteiger partial charge is 0.339 e. The highest BCUT2D eigenvalue weighted by molar-refractivity contribution is 6.03. The van der Waals surface area contributed by atoms with E-state index in [1.54, 1.807) is 18.2 Å². The van der Waals surface area contributed by atoms with Crippen LogP contribution < -0.4 is 0 Å².